The lowest BCUT2D eigenvalue weighted by Gasteiger charge is -2.24. The summed E-state index contributed by atoms with van der Waals surface area (Å²) in [5.41, 5.74) is 13.6. The van der Waals surface area contributed by atoms with Crippen LogP contribution in [0.4, 0.5) is 4.39 Å². The number of rotatable bonds is 13. The molecule has 0 saturated heterocycles. The molecule has 0 spiro atoms. The standard InChI is InChI=1S/C30H34FN5O5/c1-18(34-29(40)24(32)15-20-9-13-23(37)14-10-20)28(39)36-26(17-21-7-11-22(31)12-8-21)30(41)35-25(27(33)38)16-19-5-3-2-4-6-19/h2-14,18,24-26,37H,15-17,32H2,1H3,(H2,33,38)(H,34,40)(H,35,41)(H,36,39)/t18-,24?,25+,26+/m1/s1. The first-order valence-electron chi connectivity index (χ1n) is 13.0. The van der Waals surface area contributed by atoms with Gasteiger partial charge in [-0.05, 0) is 54.3 Å². The van der Waals surface area contributed by atoms with Crippen molar-refractivity contribution in [3.05, 3.63) is 101 Å². The predicted octanol–water partition coefficient (Wildman–Crippen LogP) is 0.846. The Bertz CT molecular complexity index is 1340. The van der Waals surface area contributed by atoms with Crippen LogP contribution in [0.3, 0.4) is 0 Å². The number of primary amides is 1. The minimum absolute atomic E-state index is 0.0181. The van der Waals surface area contributed by atoms with Crippen molar-refractivity contribution in [1.29, 1.82) is 0 Å². The van der Waals surface area contributed by atoms with Gasteiger partial charge in [-0.3, -0.25) is 19.2 Å². The Morgan fingerprint density at radius 2 is 1.22 bits per heavy atom. The number of carbonyl (C=O) groups is 4. The summed E-state index contributed by atoms with van der Waals surface area (Å²) in [5.74, 6) is -3.07. The highest BCUT2D eigenvalue weighted by Crippen LogP contribution is 2.11. The van der Waals surface area contributed by atoms with Crippen molar-refractivity contribution in [2.24, 2.45) is 11.5 Å². The molecule has 0 aliphatic carbocycles. The zero-order valence-corrected chi connectivity index (χ0v) is 22.5. The first kappa shape index (κ1) is 30.8. The van der Waals surface area contributed by atoms with Crippen LogP contribution >= 0.6 is 0 Å². The Hall–Kier alpha value is -4.77. The van der Waals surface area contributed by atoms with Crippen LogP contribution in [-0.4, -0.2) is 52.9 Å². The average molecular weight is 564 g/mol. The minimum atomic E-state index is -1.17. The van der Waals surface area contributed by atoms with Crippen LogP contribution in [0.5, 0.6) is 5.75 Å². The van der Waals surface area contributed by atoms with E-state index >= 15 is 0 Å². The van der Waals surface area contributed by atoms with Crippen LogP contribution in [0.25, 0.3) is 0 Å². The van der Waals surface area contributed by atoms with Crippen LogP contribution in [-0.2, 0) is 38.4 Å². The number of aromatic hydroxyl groups is 1. The smallest absolute Gasteiger partial charge is 0.243 e. The highest BCUT2D eigenvalue weighted by molar-refractivity contribution is 5.94. The van der Waals surface area contributed by atoms with Gasteiger partial charge in [0.15, 0.2) is 0 Å². The molecule has 0 aliphatic heterocycles. The van der Waals surface area contributed by atoms with E-state index in [0.717, 1.165) is 11.1 Å². The highest BCUT2D eigenvalue weighted by Gasteiger charge is 2.28. The molecule has 4 amide bonds. The molecule has 0 fully saturated rings. The third-order valence-electron chi connectivity index (χ3n) is 6.41. The third kappa shape index (κ3) is 9.73. The fourth-order valence-electron chi connectivity index (χ4n) is 4.07. The van der Waals surface area contributed by atoms with Gasteiger partial charge in [0, 0.05) is 12.8 Å². The Kier molecular flexibility index (Phi) is 10.9. The quantitative estimate of drug-likeness (QED) is 0.180. The van der Waals surface area contributed by atoms with Gasteiger partial charge in [-0.25, -0.2) is 4.39 Å². The summed E-state index contributed by atoms with van der Waals surface area (Å²) in [4.78, 5) is 51.1. The predicted molar refractivity (Wildman–Crippen MR) is 151 cm³/mol. The molecule has 216 valence electrons. The van der Waals surface area contributed by atoms with E-state index in [1.165, 1.54) is 43.3 Å². The Balaban J connectivity index is 1.68. The summed E-state index contributed by atoms with van der Waals surface area (Å²) in [5, 5.41) is 17.2. The average Bonchev–Trinajstić information content (AvgIpc) is 2.95. The van der Waals surface area contributed by atoms with Crippen molar-refractivity contribution in [2.75, 3.05) is 0 Å². The first-order chi connectivity index (χ1) is 19.5. The molecule has 10 nitrogen and oxygen atoms in total. The number of halogens is 1. The molecule has 11 heteroatoms. The fourth-order valence-corrected chi connectivity index (χ4v) is 4.07. The third-order valence-corrected chi connectivity index (χ3v) is 6.41. The van der Waals surface area contributed by atoms with Crippen LogP contribution in [0.15, 0.2) is 78.9 Å². The van der Waals surface area contributed by atoms with Crippen molar-refractivity contribution < 1.29 is 28.7 Å². The van der Waals surface area contributed by atoms with Crippen LogP contribution in [0.2, 0.25) is 0 Å². The summed E-state index contributed by atoms with van der Waals surface area (Å²) in [6, 6.07) is 16.4. The van der Waals surface area contributed by atoms with Crippen molar-refractivity contribution in [2.45, 2.75) is 50.4 Å². The summed E-state index contributed by atoms with van der Waals surface area (Å²) < 4.78 is 13.4. The second-order valence-electron chi connectivity index (χ2n) is 9.75. The lowest BCUT2D eigenvalue weighted by atomic mass is 10.0. The SMILES string of the molecule is C[C@@H](NC(=O)C(N)Cc1ccc(O)cc1)C(=O)N[C@@H](Cc1ccc(F)cc1)C(=O)N[C@@H](Cc1ccccc1)C(N)=O. The maximum absolute atomic E-state index is 13.4. The molecule has 1 unspecified atom stereocenters. The van der Waals surface area contributed by atoms with Gasteiger partial charge in [-0.1, -0.05) is 54.6 Å². The number of benzene rings is 3. The molecule has 8 N–H and O–H groups in total. The molecule has 0 aromatic heterocycles. The Morgan fingerprint density at radius 1 is 0.707 bits per heavy atom. The molecule has 0 bridgehead atoms. The van der Waals surface area contributed by atoms with E-state index in [1.807, 2.05) is 6.07 Å². The molecule has 3 aromatic carbocycles. The van der Waals surface area contributed by atoms with Crippen molar-refractivity contribution in [3.63, 3.8) is 0 Å². The molecule has 0 aliphatic rings. The number of hydrogen-bond donors (Lipinski definition) is 6. The summed E-state index contributed by atoms with van der Waals surface area (Å²) in [6.45, 7) is 1.44. The zero-order valence-electron chi connectivity index (χ0n) is 22.5. The number of phenols is 1. The summed E-state index contributed by atoms with van der Waals surface area (Å²) in [7, 11) is 0. The van der Waals surface area contributed by atoms with E-state index in [2.05, 4.69) is 16.0 Å². The summed E-state index contributed by atoms with van der Waals surface area (Å²) in [6.07, 6.45) is 0.298. The monoisotopic (exact) mass is 563 g/mol. The van der Waals surface area contributed by atoms with Crippen molar-refractivity contribution in [1.82, 2.24) is 16.0 Å². The second-order valence-corrected chi connectivity index (χ2v) is 9.75. The first-order valence-corrected chi connectivity index (χ1v) is 13.0. The van der Waals surface area contributed by atoms with Crippen molar-refractivity contribution in [3.8, 4) is 5.75 Å². The zero-order chi connectivity index (χ0) is 29.9. The molecule has 0 heterocycles. The number of carbonyl (C=O) groups excluding carboxylic acids is 4. The van der Waals surface area contributed by atoms with Crippen LogP contribution in [0.1, 0.15) is 23.6 Å². The van der Waals surface area contributed by atoms with Gasteiger partial charge in [0.1, 0.15) is 29.7 Å². The lowest BCUT2D eigenvalue weighted by molar-refractivity contribution is -0.133. The van der Waals surface area contributed by atoms with E-state index in [1.54, 1.807) is 36.4 Å². The minimum Gasteiger partial charge on any atom is -0.508 e. The van der Waals surface area contributed by atoms with Gasteiger partial charge >= 0.3 is 0 Å². The maximum Gasteiger partial charge on any atom is 0.243 e. The van der Waals surface area contributed by atoms with Gasteiger partial charge in [0.25, 0.3) is 0 Å². The fraction of sp³-hybridized carbons (Fsp3) is 0.267. The lowest BCUT2D eigenvalue weighted by Crippen LogP contribution is -2.57. The second kappa shape index (κ2) is 14.6. The van der Waals surface area contributed by atoms with E-state index in [4.69, 9.17) is 11.5 Å². The van der Waals surface area contributed by atoms with Gasteiger partial charge in [-0.2, -0.15) is 0 Å². The maximum atomic E-state index is 13.4. The molecule has 3 rings (SSSR count). The van der Waals surface area contributed by atoms with Crippen LogP contribution < -0.4 is 27.4 Å². The number of nitrogens with one attached hydrogen (secondary N) is 3. The van der Waals surface area contributed by atoms with Gasteiger partial charge in [0.05, 0.1) is 6.04 Å². The van der Waals surface area contributed by atoms with Gasteiger partial charge in [-0.15, -0.1) is 0 Å². The van der Waals surface area contributed by atoms with Gasteiger partial charge < -0.3 is 32.5 Å². The highest BCUT2D eigenvalue weighted by atomic mass is 19.1. The molecule has 4 atom stereocenters. The van der Waals surface area contributed by atoms with Crippen molar-refractivity contribution >= 4 is 23.6 Å². The van der Waals surface area contributed by atoms with E-state index < -0.39 is 53.6 Å². The van der Waals surface area contributed by atoms with E-state index in [0.29, 0.717) is 5.56 Å². The van der Waals surface area contributed by atoms with Crippen LogP contribution in [0, 0.1) is 5.82 Å². The molecule has 3 aromatic rings. The number of amides is 4. The Labute approximate surface area is 237 Å². The Morgan fingerprint density at radius 3 is 1.83 bits per heavy atom. The normalized spacial score (nSPS) is 13.7. The number of phenolic OH excluding ortho intramolecular Hbond substituents is 1. The largest absolute Gasteiger partial charge is 0.508 e. The summed E-state index contributed by atoms with van der Waals surface area (Å²) >= 11 is 0. The van der Waals surface area contributed by atoms with Gasteiger partial charge in [0.2, 0.25) is 23.6 Å². The van der Waals surface area contributed by atoms with E-state index in [9.17, 15) is 28.7 Å². The number of nitrogens with two attached hydrogens (primary N) is 2. The molecule has 0 radical (unpaired) electrons. The molecule has 0 saturated carbocycles. The molecular formula is C30H34FN5O5. The topological polar surface area (TPSA) is 177 Å². The molecule has 41 heavy (non-hydrogen) atoms. The van der Waals surface area contributed by atoms with E-state index in [-0.39, 0.29) is 25.0 Å². The number of hydrogen-bond acceptors (Lipinski definition) is 6. The molecular weight excluding hydrogens is 529 g/mol.